The Hall–Kier alpha value is -0.960. The summed E-state index contributed by atoms with van der Waals surface area (Å²) >= 11 is 8.50. The van der Waals surface area contributed by atoms with Crippen LogP contribution in [0.5, 0.6) is 0 Å². The lowest BCUT2D eigenvalue weighted by Gasteiger charge is -2.28. The molecule has 25 heavy (non-hydrogen) atoms. The Kier molecular flexibility index (Phi) is 6.86. The second-order valence-corrected chi connectivity index (χ2v) is 10.0. The summed E-state index contributed by atoms with van der Waals surface area (Å²) in [7, 11) is 0. The molecule has 2 amide bonds. The number of nitrogens with zero attached hydrogens (tertiary/aromatic N) is 1. The van der Waals surface area contributed by atoms with Crippen molar-refractivity contribution >= 4 is 68.3 Å². The molecular formula is C17H17BrN2O2S3. The van der Waals surface area contributed by atoms with Gasteiger partial charge in [-0.25, -0.2) is 0 Å². The van der Waals surface area contributed by atoms with Crippen LogP contribution >= 0.6 is 50.8 Å². The lowest BCUT2D eigenvalue weighted by Crippen LogP contribution is -2.43. The second kappa shape index (κ2) is 9.12. The van der Waals surface area contributed by atoms with Crippen LogP contribution in [-0.4, -0.2) is 36.4 Å². The summed E-state index contributed by atoms with van der Waals surface area (Å²) in [6.07, 6.45) is 0. The van der Waals surface area contributed by atoms with E-state index in [4.69, 9.17) is 0 Å². The third kappa shape index (κ3) is 5.26. The Balaban J connectivity index is 1.42. The van der Waals surface area contributed by atoms with Crippen molar-refractivity contribution in [1.29, 1.82) is 0 Å². The molecule has 0 saturated carbocycles. The molecule has 0 atom stereocenters. The second-order valence-electron chi connectivity index (χ2n) is 5.34. The van der Waals surface area contributed by atoms with E-state index in [2.05, 4.69) is 27.3 Å². The Morgan fingerprint density at radius 2 is 2.12 bits per heavy atom. The summed E-state index contributed by atoms with van der Waals surface area (Å²) in [6.45, 7) is 0.688. The van der Waals surface area contributed by atoms with E-state index in [0.717, 1.165) is 25.9 Å². The number of hydrogen-bond acceptors (Lipinski definition) is 5. The van der Waals surface area contributed by atoms with Crippen molar-refractivity contribution < 1.29 is 9.59 Å². The van der Waals surface area contributed by atoms with Crippen LogP contribution in [0.2, 0.25) is 0 Å². The van der Waals surface area contributed by atoms with Gasteiger partial charge in [0.1, 0.15) is 6.54 Å². The largest absolute Gasteiger partial charge is 0.354 e. The van der Waals surface area contributed by atoms with Gasteiger partial charge >= 0.3 is 0 Å². The zero-order chi connectivity index (χ0) is 17.6. The molecule has 0 bridgehead atoms. The van der Waals surface area contributed by atoms with Crippen molar-refractivity contribution in [1.82, 2.24) is 5.32 Å². The molecule has 1 N–H and O–H groups in total. The minimum Gasteiger partial charge on any atom is -0.354 e. The lowest BCUT2D eigenvalue weighted by atomic mass is 10.2. The number of thioether (sulfide) groups is 2. The van der Waals surface area contributed by atoms with Crippen LogP contribution in [0.15, 0.2) is 45.1 Å². The number of nitrogens with one attached hydrogen (secondary N) is 1. The number of hydrogen-bond donors (Lipinski definition) is 1. The van der Waals surface area contributed by atoms with E-state index in [1.54, 1.807) is 28.0 Å². The third-order valence-electron chi connectivity index (χ3n) is 3.55. The molecule has 0 fully saturated rings. The minimum atomic E-state index is -0.116. The maximum Gasteiger partial charge on any atom is 0.240 e. The highest BCUT2D eigenvalue weighted by atomic mass is 79.9. The molecule has 8 heteroatoms. The standard InChI is InChI=1S/C17H17BrN2O2S3/c18-15-6-5-12(25-15)10-23-8-7-19-16(21)9-20-13-3-1-2-4-14(13)24-11-17(20)22/h1-6H,7-11H2,(H,19,21). The Labute approximate surface area is 167 Å². The van der Waals surface area contributed by atoms with Gasteiger partial charge in [0.2, 0.25) is 11.8 Å². The first-order chi connectivity index (χ1) is 12.1. The average Bonchev–Trinajstić information content (AvgIpc) is 3.02. The van der Waals surface area contributed by atoms with Gasteiger partial charge in [-0.1, -0.05) is 12.1 Å². The molecule has 0 saturated heterocycles. The van der Waals surface area contributed by atoms with Crippen molar-refractivity contribution in [2.75, 3.05) is 29.5 Å². The van der Waals surface area contributed by atoms with Crippen molar-refractivity contribution in [2.24, 2.45) is 0 Å². The van der Waals surface area contributed by atoms with Crippen molar-refractivity contribution in [3.8, 4) is 0 Å². The van der Waals surface area contributed by atoms with Crippen LogP contribution in [0.25, 0.3) is 0 Å². The summed E-state index contributed by atoms with van der Waals surface area (Å²) < 4.78 is 1.14. The number of thiophene rings is 1. The van der Waals surface area contributed by atoms with Crippen LogP contribution in [0.4, 0.5) is 5.69 Å². The fraction of sp³-hybridized carbons (Fsp3) is 0.294. The fourth-order valence-corrected chi connectivity index (χ4v) is 5.78. The molecular weight excluding hydrogens is 440 g/mol. The van der Waals surface area contributed by atoms with E-state index in [1.165, 1.54) is 16.6 Å². The zero-order valence-corrected chi connectivity index (χ0v) is 17.4. The zero-order valence-electron chi connectivity index (χ0n) is 13.4. The van der Waals surface area contributed by atoms with Crippen LogP contribution in [-0.2, 0) is 15.3 Å². The van der Waals surface area contributed by atoms with E-state index in [-0.39, 0.29) is 18.4 Å². The molecule has 4 nitrogen and oxygen atoms in total. The van der Waals surface area contributed by atoms with Gasteiger partial charge in [0.15, 0.2) is 0 Å². The van der Waals surface area contributed by atoms with Gasteiger partial charge < -0.3 is 10.2 Å². The van der Waals surface area contributed by atoms with Crippen molar-refractivity contribution in [3.63, 3.8) is 0 Å². The molecule has 1 aliphatic heterocycles. The van der Waals surface area contributed by atoms with Gasteiger partial charge in [-0.05, 0) is 40.2 Å². The molecule has 0 unspecified atom stereocenters. The van der Waals surface area contributed by atoms with E-state index in [1.807, 2.05) is 30.3 Å². The van der Waals surface area contributed by atoms with Gasteiger partial charge in [-0.3, -0.25) is 9.59 Å². The molecule has 1 aromatic heterocycles. The van der Waals surface area contributed by atoms with E-state index in [9.17, 15) is 9.59 Å². The average molecular weight is 457 g/mol. The topological polar surface area (TPSA) is 49.4 Å². The van der Waals surface area contributed by atoms with Crippen LogP contribution in [0.1, 0.15) is 4.88 Å². The third-order valence-corrected chi connectivity index (χ3v) is 7.41. The van der Waals surface area contributed by atoms with Gasteiger partial charge in [-0.15, -0.1) is 23.1 Å². The number of para-hydroxylation sites is 1. The first-order valence-corrected chi connectivity index (χ1v) is 11.5. The molecule has 132 valence electrons. The van der Waals surface area contributed by atoms with Gasteiger partial charge in [-0.2, -0.15) is 11.8 Å². The maximum absolute atomic E-state index is 12.2. The van der Waals surface area contributed by atoms with Gasteiger partial charge in [0.05, 0.1) is 15.2 Å². The van der Waals surface area contributed by atoms with E-state index >= 15 is 0 Å². The molecule has 2 heterocycles. The molecule has 3 rings (SSSR count). The quantitative estimate of drug-likeness (QED) is 0.639. The summed E-state index contributed by atoms with van der Waals surface area (Å²) in [5, 5.41) is 2.91. The van der Waals surface area contributed by atoms with Crippen LogP contribution in [0, 0.1) is 0 Å². The Bertz CT molecular complexity index is 766. The number of benzene rings is 1. The Morgan fingerprint density at radius 3 is 2.92 bits per heavy atom. The van der Waals surface area contributed by atoms with Crippen molar-refractivity contribution in [3.05, 3.63) is 45.1 Å². The van der Waals surface area contributed by atoms with E-state index in [0.29, 0.717) is 12.3 Å². The van der Waals surface area contributed by atoms with Crippen molar-refractivity contribution in [2.45, 2.75) is 10.6 Å². The molecule has 1 aliphatic rings. The number of carbonyl (C=O) groups is 2. The molecule has 0 spiro atoms. The fourth-order valence-electron chi connectivity index (χ4n) is 2.39. The molecule has 0 aliphatic carbocycles. The molecule has 0 radical (unpaired) electrons. The summed E-state index contributed by atoms with van der Waals surface area (Å²) in [5.41, 5.74) is 0.830. The molecule has 2 aromatic rings. The number of rotatable bonds is 7. The highest BCUT2D eigenvalue weighted by Gasteiger charge is 2.25. The number of carbonyl (C=O) groups excluding carboxylic acids is 2. The number of fused-ring (bicyclic) bond motifs is 1. The maximum atomic E-state index is 12.2. The first kappa shape index (κ1) is 18.8. The summed E-state index contributed by atoms with van der Waals surface area (Å²) in [6, 6.07) is 11.9. The van der Waals surface area contributed by atoms with Gasteiger partial charge in [0, 0.05) is 27.8 Å². The summed E-state index contributed by atoms with van der Waals surface area (Å²) in [5.74, 6) is 2.05. The molecule has 1 aromatic carbocycles. The van der Waals surface area contributed by atoms with Gasteiger partial charge in [0.25, 0.3) is 0 Å². The van der Waals surface area contributed by atoms with Crippen LogP contribution < -0.4 is 10.2 Å². The summed E-state index contributed by atoms with van der Waals surface area (Å²) in [4.78, 5) is 28.3. The predicted molar refractivity (Wildman–Crippen MR) is 111 cm³/mol. The Morgan fingerprint density at radius 1 is 1.28 bits per heavy atom. The first-order valence-electron chi connectivity index (χ1n) is 7.74. The minimum absolute atomic E-state index is 0.0171. The highest BCUT2D eigenvalue weighted by Crippen LogP contribution is 2.34. The highest BCUT2D eigenvalue weighted by molar-refractivity contribution is 9.11. The van der Waals surface area contributed by atoms with Crippen LogP contribution in [0.3, 0.4) is 0 Å². The number of amides is 2. The number of anilines is 1. The monoisotopic (exact) mass is 456 g/mol. The number of halogens is 1. The lowest BCUT2D eigenvalue weighted by molar-refractivity contribution is -0.122. The normalized spacial score (nSPS) is 13.6. The van der Waals surface area contributed by atoms with E-state index < -0.39 is 0 Å². The predicted octanol–water partition coefficient (Wildman–Crippen LogP) is 4.00. The smallest absolute Gasteiger partial charge is 0.240 e. The SMILES string of the molecule is O=C(CN1C(=O)CSc2ccccc21)NCCSCc1ccc(Br)s1.